The average molecular weight is 717 g/mol. The molecular weight excluding hydrogens is 685 g/mol. The van der Waals surface area contributed by atoms with E-state index in [4.69, 9.17) is 18.8 Å². The Kier molecular flexibility index (Phi) is 7.46. The molecule has 0 aliphatic heterocycles. The van der Waals surface area contributed by atoms with Crippen LogP contribution in [0.1, 0.15) is 0 Å². The topological polar surface area (TPSA) is 52.1 Å². The molecule has 56 heavy (non-hydrogen) atoms. The average Bonchev–Trinajstić information content (AvgIpc) is 3.86. The molecular formula is C52H32N2O2. The molecule has 0 aliphatic rings. The highest BCUT2D eigenvalue weighted by Crippen LogP contribution is 2.41. The molecule has 4 heteroatoms. The zero-order chi connectivity index (χ0) is 37.0. The van der Waals surface area contributed by atoms with Gasteiger partial charge >= 0.3 is 0 Å². The molecule has 0 saturated heterocycles. The lowest BCUT2D eigenvalue weighted by Crippen LogP contribution is -1.96. The van der Waals surface area contributed by atoms with Gasteiger partial charge in [0.05, 0.1) is 11.4 Å². The highest BCUT2D eigenvalue weighted by molar-refractivity contribution is 6.11. The van der Waals surface area contributed by atoms with Crippen LogP contribution in [0.2, 0.25) is 0 Å². The smallest absolute Gasteiger partial charge is 0.160 e. The van der Waals surface area contributed by atoms with Gasteiger partial charge in [-0.15, -0.1) is 0 Å². The largest absolute Gasteiger partial charge is 0.455 e. The van der Waals surface area contributed by atoms with Gasteiger partial charge in [0.25, 0.3) is 0 Å². The summed E-state index contributed by atoms with van der Waals surface area (Å²) in [5.74, 6) is 0.675. The molecule has 0 bridgehead atoms. The van der Waals surface area contributed by atoms with Gasteiger partial charge in [0.1, 0.15) is 22.3 Å². The van der Waals surface area contributed by atoms with Gasteiger partial charge < -0.3 is 8.83 Å². The molecule has 0 aliphatic carbocycles. The Morgan fingerprint density at radius 1 is 0.286 bits per heavy atom. The van der Waals surface area contributed by atoms with E-state index >= 15 is 0 Å². The van der Waals surface area contributed by atoms with Crippen molar-refractivity contribution in [3.05, 3.63) is 194 Å². The molecule has 0 N–H and O–H groups in total. The van der Waals surface area contributed by atoms with Crippen LogP contribution in [0.25, 0.3) is 111 Å². The van der Waals surface area contributed by atoms with Gasteiger partial charge in [-0.3, -0.25) is 0 Å². The number of fused-ring (bicyclic) bond motifs is 6. The molecule has 3 aromatic heterocycles. The van der Waals surface area contributed by atoms with Gasteiger partial charge in [0, 0.05) is 49.4 Å². The van der Waals surface area contributed by atoms with Crippen LogP contribution in [0.3, 0.4) is 0 Å². The third-order valence-corrected chi connectivity index (χ3v) is 10.7. The van der Waals surface area contributed by atoms with Crippen LogP contribution in [0, 0.1) is 0 Å². The Balaban J connectivity index is 1.14. The molecule has 0 amide bonds. The number of nitrogens with zero attached hydrogens (tertiary/aromatic N) is 2. The van der Waals surface area contributed by atoms with Gasteiger partial charge in [-0.25, -0.2) is 9.97 Å². The van der Waals surface area contributed by atoms with Crippen molar-refractivity contribution in [1.82, 2.24) is 9.97 Å². The fourth-order valence-corrected chi connectivity index (χ4v) is 7.98. The highest BCUT2D eigenvalue weighted by Gasteiger charge is 2.18. The van der Waals surface area contributed by atoms with Crippen LogP contribution in [0.4, 0.5) is 0 Å². The summed E-state index contributed by atoms with van der Waals surface area (Å²) < 4.78 is 13.1. The summed E-state index contributed by atoms with van der Waals surface area (Å²) in [5.41, 5.74) is 14.5. The lowest BCUT2D eigenvalue weighted by Gasteiger charge is -2.14. The van der Waals surface area contributed by atoms with Crippen molar-refractivity contribution in [2.24, 2.45) is 0 Å². The van der Waals surface area contributed by atoms with Gasteiger partial charge in [-0.1, -0.05) is 152 Å². The maximum absolute atomic E-state index is 6.59. The molecule has 0 saturated carbocycles. The van der Waals surface area contributed by atoms with Gasteiger partial charge in [-0.05, 0) is 64.7 Å². The highest BCUT2D eigenvalue weighted by atomic mass is 16.3. The van der Waals surface area contributed by atoms with Crippen LogP contribution < -0.4 is 0 Å². The van der Waals surface area contributed by atoms with Crippen LogP contribution >= 0.6 is 0 Å². The van der Waals surface area contributed by atoms with E-state index in [-0.39, 0.29) is 0 Å². The normalized spacial score (nSPS) is 11.6. The predicted octanol–water partition coefficient (Wildman–Crippen LogP) is 14.3. The van der Waals surface area contributed by atoms with Crippen LogP contribution in [0.5, 0.6) is 0 Å². The fraction of sp³-hybridized carbons (Fsp3) is 0. The number of rotatable bonds is 6. The quantitative estimate of drug-likeness (QED) is 0.172. The second kappa shape index (κ2) is 13.1. The molecule has 8 aromatic carbocycles. The molecule has 4 nitrogen and oxygen atoms in total. The lowest BCUT2D eigenvalue weighted by atomic mass is 9.92. The molecule has 0 radical (unpaired) electrons. The first-order chi connectivity index (χ1) is 27.7. The Hall–Kier alpha value is -7.56. The van der Waals surface area contributed by atoms with E-state index < -0.39 is 0 Å². The minimum atomic E-state index is 0.675. The Labute approximate surface area is 323 Å². The van der Waals surface area contributed by atoms with Gasteiger partial charge in [0.15, 0.2) is 5.82 Å². The van der Waals surface area contributed by atoms with Crippen molar-refractivity contribution in [2.75, 3.05) is 0 Å². The summed E-state index contributed by atoms with van der Waals surface area (Å²) in [4.78, 5) is 10.3. The van der Waals surface area contributed by atoms with Crippen molar-refractivity contribution in [3.63, 3.8) is 0 Å². The maximum Gasteiger partial charge on any atom is 0.160 e. The number of para-hydroxylation sites is 4. The number of hydrogen-bond donors (Lipinski definition) is 0. The minimum Gasteiger partial charge on any atom is -0.455 e. The van der Waals surface area contributed by atoms with Crippen LogP contribution in [0.15, 0.2) is 203 Å². The van der Waals surface area contributed by atoms with Crippen molar-refractivity contribution >= 4 is 43.9 Å². The first kappa shape index (κ1) is 31.9. The number of benzene rings is 8. The van der Waals surface area contributed by atoms with E-state index in [0.717, 1.165) is 105 Å². The fourth-order valence-electron chi connectivity index (χ4n) is 7.98. The van der Waals surface area contributed by atoms with Gasteiger partial charge in [-0.2, -0.15) is 0 Å². The van der Waals surface area contributed by atoms with E-state index in [1.54, 1.807) is 0 Å². The van der Waals surface area contributed by atoms with Crippen molar-refractivity contribution in [3.8, 4) is 67.3 Å². The molecule has 0 atom stereocenters. The molecule has 11 aromatic rings. The molecule has 0 fully saturated rings. The third-order valence-electron chi connectivity index (χ3n) is 10.7. The Bertz CT molecular complexity index is 3190. The SMILES string of the molecule is c1ccc(-c2cc(-c3cc(-c4cccc(-c5cccc6c5oc5ccccc56)c4)cc(-c4cccc5c4oc4ccccc45)c3)nc(-c3ccccc3)n2)cc1. The van der Waals surface area contributed by atoms with E-state index in [9.17, 15) is 0 Å². The summed E-state index contributed by atoms with van der Waals surface area (Å²) >= 11 is 0. The summed E-state index contributed by atoms with van der Waals surface area (Å²) in [7, 11) is 0. The lowest BCUT2D eigenvalue weighted by molar-refractivity contribution is 0.669. The zero-order valence-corrected chi connectivity index (χ0v) is 30.2. The maximum atomic E-state index is 6.59. The molecule has 0 spiro atoms. The minimum absolute atomic E-state index is 0.675. The Morgan fingerprint density at radius 3 is 1.39 bits per heavy atom. The second-order valence-electron chi connectivity index (χ2n) is 14.1. The third kappa shape index (κ3) is 5.47. The first-order valence-electron chi connectivity index (χ1n) is 18.8. The van der Waals surface area contributed by atoms with E-state index in [1.165, 1.54) is 0 Å². The first-order valence-corrected chi connectivity index (χ1v) is 18.8. The number of aromatic nitrogens is 2. The molecule has 3 heterocycles. The van der Waals surface area contributed by atoms with E-state index in [2.05, 4.69) is 133 Å². The second-order valence-corrected chi connectivity index (χ2v) is 14.1. The summed E-state index contributed by atoms with van der Waals surface area (Å²) in [6, 6.07) is 67.4. The van der Waals surface area contributed by atoms with Gasteiger partial charge in [0.2, 0.25) is 0 Å². The molecule has 11 rings (SSSR count). The monoisotopic (exact) mass is 716 g/mol. The van der Waals surface area contributed by atoms with Crippen molar-refractivity contribution in [1.29, 1.82) is 0 Å². The molecule has 0 unspecified atom stereocenters. The molecule has 262 valence electrons. The summed E-state index contributed by atoms with van der Waals surface area (Å²) in [6.45, 7) is 0. The summed E-state index contributed by atoms with van der Waals surface area (Å²) in [6.07, 6.45) is 0. The summed E-state index contributed by atoms with van der Waals surface area (Å²) in [5, 5.41) is 4.42. The zero-order valence-electron chi connectivity index (χ0n) is 30.2. The number of furan rings is 2. The van der Waals surface area contributed by atoms with E-state index in [1.807, 2.05) is 60.7 Å². The van der Waals surface area contributed by atoms with Crippen molar-refractivity contribution < 1.29 is 8.83 Å². The predicted molar refractivity (Wildman–Crippen MR) is 229 cm³/mol. The standard InChI is InChI=1S/C52H32N2O2/c1-3-14-33(15-4-1)46-32-47(54-52(53-46)34-16-5-2-6-17-34)39-30-37(29-38(31-39)41-23-13-25-45-43-21-8-10-27-49(43)56-51(41)45)35-18-11-19-36(28-35)40-22-12-24-44-42-20-7-9-26-48(42)55-50(40)44/h1-32H. The van der Waals surface area contributed by atoms with Crippen molar-refractivity contribution in [2.45, 2.75) is 0 Å². The number of hydrogen-bond acceptors (Lipinski definition) is 4. The van der Waals surface area contributed by atoms with Crippen LogP contribution in [-0.2, 0) is 0 Å². The van der Waals surface area contributed by atoms with E-state index in [0.29, 0.717) is 5.82 Å². The van der Waals surface area contributed by atoms with Crippen LogP contribution in [-0.4, -0.2) is 9.97 Å². The Morgan fingerprint density at radius 2 is 0.732 bits per heavy atom.